The van der Waals surface area contributed by atoms with Crippen molar-refractivity contribution in [1.82, 2.24) is 19.4 Å². The van der Waals surface area contributed by atoms with E-state index in [0.717, 1.165) is 22.5 Å². The molecular weight excluding hydrogens is 425 g/mol. The number of halogens is 2. The van der Waals surface area contributed by atoms with Gasteiger partial charge in [0.2, 0.25) is 0 Å². The highest BCUT2D eigenvalue weighted by molar-refractivity contribution is 6.28. The van der Waals surface area contributed by atoms with Crippen LogP contribution < -0.4 is 0 Å². The second-order valence-corrected chi connectivity index (χ2v) is 8.36. The minimum atomic E-state index is -1.18. The average molecular weight is 446 g/mol. The molecule has 0 aliphatic carbocycles. The Morgan fingerprint density at radius 2 is 2.10 bits per heavy atom. The van der Waals surface area contributed by atoms with Crippen LogP contribution in [0.5, 0.6) is 0 Å². The van der Waals surface area contributed by atoms with Crippen LogP contribution in [-0.4, -0.2) is 48.2 Å². The van der Waals surface area contributed by atoms with Crippen molar-refractivity contribution in [2.75, 3.05) is 13.1 Å². The molecule has 0 spiro atoms. The lowest BCUT2D eigenvalue weighted by Crippen LogP contribution is -2.45. The molecule has 0 fully saturated rings. The molecule has 1 aliphatic heterocycles. The fraction of sp³-hybridized carbons (Fsp3) is 0.333. The molecule has 0 amide bonds. The van der Waals surface area contributed by atoms with Crippen LogP contribution in [0.15, 0.2) is 42.6 Å². The third-order valence-corrected chi connectivity index (χ3v) is 5.53. The van der Waals surface area contributed by atoms with Gasteiger partial charge in [0.1, 0.15) is 12.0 Å². The zero-order chi connectivity index (χ0) is 22.2. The lowest BCUT2D eigenvalue weighted by Gasteiger charge is -2.34. The molecule has 1 N–H and O–H groups in total. The lowest BCUT2D eigenvalue weighted by atomic mass is 10.00. The molecule has 8 nitrogen and oxygen atoms in total. The van der Waals surface area contributed by atoms with Gasteiger partial charge in [-0.1, -0.05) is 18.2 Å². The van der Waals surface area contributed by atoms with Gasteiger partial charge in [-0.2, -0.15) is 0 Å². The molecule has 10 heteroatoms. The number of aliphatic hydroxyl groups is 1. The monoisotopic (exact) mass is 445 g/mol. The van der Waals surface area contributed by atoms with Gasteiger partial charge in [-0.3, -0.25) is 14.5 Å². The Kier molecular flexibility index (Phi) is 5.74. The van der Waals surface area contributed by atoms with Gasteiger partial charge in [0.15, 0.2) is 0 Å². The smallest absolute Gasteiger partial charge is 0.383 e. The van der Waals surface area contributed by atoms with Crippen LogP contribution in [0.4, 0.5) is 10.2 Å². The number of nitro groups is 1. The number of pyridine rings is 1. The number of nitrogens with zero attached hydrogens (tertiary/aromatic N) is 5. The summed E-state index contributed by atoms with van der Waals surface area (Å²) in [6.45, 7) is 3.39. The average Bonchev–Trinajstić information content (AvgIpc) is 3.07. The molecule has 1 atom stereocenters. The molecule has 0 bridgehead atoms. The number of hydrogen-bond acceptors (Lipinski definition) is 6. The zero-order valence-electron chi connectivity index (χ0n) is 16.8. The van der Waals surface area contributed by atoms with Crippen molar-refractivity contribution in [2.45, 2.75) is 32.0 Å². The Hall–Kier alpha value is -2.88. The van der Waals surface area contributed by atoms with Crippen LogP contribution in [0.2, 0.25) is 5.28 Å². The van der Waals surface area contributed by atoms with Crippen LogP contribution in [0, 0.1) is 15.9 Å². The molecule has 0 saturated heterocycles. The summed E-state index contributed by atoms with van der Waals surface area (Å²) >= 11 is 5.97. The van der Waals surface area contributed by atoms with E-state index in [2.05, 4.69) is 9.88 Å². The Morgan fingerprint density at radius 3 is 2.81 bits per heavy atom. The minimum Gasteiger partial charge on any atom is -0.387 e. The molecule has 4 rings (SSSR count). The summed E-state index contributed by atoms with van der Waals surface area (Å²) in [5.41, 5.74) is 2.31. The Balaban J connectivity index is 1.44. The van der Waals surface area contributed by atoms with Crippen LogP contribution in [0.25, 0.3) is 11.3 Å². The van der Waals surface area contributed by atoms with E-state index in [-0.39, 0.29) is 23.5 Å². The molecule has 1 unspecified atom stereocenters. The van der Waals surface area contributed by atoms with E-state index in [4.69, 9.17) is 16.6 Å². The van der Waals surface area contributed by atoms with Gasteiger partial charge in [0, 0.05) is 37.3 Å². The van der Waals surface area contributed by atoms with Gasteiger partial charge >= 0.3 is 11.1 Å². The van der Waals surface area contributed by atoms with Crippen LogP contribution >= 0.6 is 11.6 Å². The maximum atomic E-state index is 13.5. The van der Waals surface area contributed by atoms with Crippen molar-refractivity contribution in [3.05, 3.63) is 75.1 Å². The maximum absolute atomic E-state index is 13.5. The summed E-state index contributed by atoms with van der Waals surface area (Å²) in [4.78, 5) is 20.7. The highest BCUT2D eigenvalue weighted by atomic mass is 35.5. The van der Waals surface area contributed by atoms with Crippen molar-refractivity contribution >= 4 is 17.4 Å². The molecule has 2 aromatic heterocycles. The highest BCUT2D eigenvalue weighted by Crippen LogP contribution is 2.25. The van der Waals surface area contributed by atoms with E-state index < -0.39 is 10.5 Å². The Bertz CT molecular complexity index is 1130. The van der Waals surface area contributed by atoms with E-state index in [1.807, 2.05) is 18.2 Å². The molecular formula is C21H21ClFN5O3. The Morgan fingerprint density at radius 1 is 1.29 bits per heavy atom. The van der Waals surface area contributed by atoms with Gasteiger partial charge < -0.3 is 15.2 Å². The van der Waals surface area contributed by atoms with Crippen LogP contribution in [0.1, 0.15) is 18.2 Å². The second-order valence-electron chi connectivity index (χ2n) is 8.02. The maximum Gasteiger partial charge on any atom is 0.383 e. The highest BCUT2D eigenvalue weighted by Gasteiger charge is 2.30. The largest absolute Gasteiger partial charge is 0.387 e. The number of hydrogen-bond donors (Lipinski definition) is 1. The molecule has 1 aromatic carbocycles. The van der Waals surface area contributed by atoms with Gasteiger partial charge in [0.05, 0.1) is 17.8 Å². The van der Waals surface area contributed by atoms with Gasteiger partial charge in [-0.15, -0.1) is 0 Å². The fourth-order valence-electron chi connectivity index (χ4n) is 3.90. The summed E-state index contributed by atoms with van der Waals surface area (Å²) in [6.07, 6.45) is 1.92. The lowest BCUT2D eigenvalue weighted by molar-refractivity contribution is -0.389. The van der Waals surface area contributed by atoms with Gasteiger partial charge in [-0.25, -0.2) is 4.39 Å². The van der Waals surface area contributed by atoms with Gasteiger partial charge in [-0.05, 0) is 52.2 Å². The first-order chi connectivity index (χ1) is 14.7. The predicted molar refractivity (Wildman–Crippen MR) is 113 cm³/mol. The number of imidazole rings is 1. The first-order valence-electron chi connectivity index (χ1n) is 9.77. The van der Waals surface area contributed by atoms with Crippen LogP contribution in [-0.2, 0) is 19.5 Å². The summed E-state index contributed by atoms with van der Waals surface area (Å²) in [7, 11) is 0. The van der Waals surface area contributed by atoms with Crippen LogP contribution in [0.3, 0.4) is 0 Å². The second kappa shape index (κ2) is 8.33. The molecule has 3 heterocycles. The van der Waals surface area contributed by atoms with E-state index in [1.165, 1.54) is 22.9 Å². The van der Waals surface area contributed by atoms with E-state index in [9.17, 15) is 19.6 Å². The summed E-state index contributed by atoms with van der Waals surface area (Å²) in [5, 5.41) is 21.7. The molecule has 1 aliphatic rings. The number of aromatic nitrogens is 3. The summed E-state index contributed by atoms with van der Waals surface area (Å²) in [5.74, 6) is -0.651. The van der Waals surface area contributed by atoms with E-state index in [1.54, 1.807) is 13.0 Å². The van der Waals surface area contributed by atoms with E-state index in [0.29, 0.717) is 26.1 Å². The predicted octanol–water partition coefficient (Wildman–Crippen LogP) is 3.46. The van der Waals surface area contributed by atoms with Gasteiger partial charge in [0.25, 0.3) is 0 Å². The number of rotatable bonds is 6. The molecule has 3 aromatic rings. The van der Waals surface area contributed by atoms with Crippen molar-refractivity contribution < 1.29 is 14.4 Å². The van der Waals surface area contributed by atoms with E-state index >= 15 is 0 Å². The molecule has 0 radical (unpaired) electrons. The minimum absolute atomic E-state index is 0.0370. The standard InChI is InChI=1S/C21H21ClFN5O3/c1-21(29,13-27-11-19(28(30)31)25-20(27)22)12-26-8-7-18-15(10-26)5-6-17(24-18)14-3-2-4-16(23)9-14/h2-6,9,11,29H,7-8,10,12-13H2,1H3. The SMILES string of the molecule is CC(O)(CN1CCc2nc(-c3cccc(F)c3)ccc2C1)Cn1cc([N+](=O)[O-])nc1Cl. The first-order valence-corrected chi connectivity index (χ1v) is 10.1. The fourth-order valence-corrected chi connectivity index (χ4v) is 4.09. The Labute approximate surface area is 183 Å². The molecule has 0 saturated carbocycles. The number of benzene rings is 1. The first kappa shape index (κ1) is 21.4. The summed E-state index contributed by atoms with van der Waals surface area (Å²) < 4.78 is 14.9. The normalized spacial score (nSPS) is 16.0. The molecule has 162 valence electrons. The topological polar surface area (TPSA) is 97.3 Å². The number of fused-ring (bicyclic) bond motifs is 1. The quantitative estimate of drug-likeness (QED) is 0.461. The van der Waals surface area contributed by atoms with Crippen molar-refractivity contribution in [3.63, 3.8) is 0 Å². The van der Waals surface area contributed by atoms with Crippen molar-refractivity contribution in [1.29, 1.82) is 0 Å². The third kappa shape index (κ3) is 4.90. The van der Waals surface area contributed by atoms with Crippen molar-refractivity contribution in [3.8, 4) is 11.3 Å². The zero-order valence-corrected chi connectivity index (χ0v) is 17.6. The number of β-amino-alcohol motifs (C(OH)–C–C–N with tert-alkyl or cyclic N) is 1. The van der Waals surface area contributed by atoms with Crippen molar-refractivity contribution in [2.24, 2.45) is 0 Å². The summed E-state index contributed by atoms with van der Waals surface area (Å²) in [6, 6.07) is 10.2. The third-order valence-electron chi connectivity index (χ3n) is 5.23. The molecule has 31 heavy (non-hydrogen) atoms.